The zero-order valence-corrected chi connectivity index (χ0v) is 11.4. The number of allylic oxidation sites excluding steroid dienone is 2. The first-order valence-corrected chi connectivity index (χ1v) is 7.30. The van der Waals surface area contributed by atoms with Gasteiger partial charge in [-0.2, -0.15) is 23.1 Å². The smallest absolute Gasteiger partial charge is 0.216 e. The summed E-state index contributed by atoms with van der Waals surface area (Å²) >= 11 is 0. The van der Waals surface area contributed by atoms with Crippen LogP contribution in [0.4, 0.5) is 13.2 Å². The van der Waals surface area contributed by atoms with Gasteiger partial charge in [0.2, 0.25) is 10.0 Å². The predicted octanol–water partition coefficient (Wildman–Crippen LogP) is 1.15. The minimum atomic E-state index is -4.41. The van der Waals surface area contributed by atoms with Crippen molar-refractivity contribution >= 4 is 10.0 Å². The maximum Gasteiger partial charge on any atom is 0.412 e. The zero-order chi connectivity index (χ0) is 14.6. The van der Waals surface area contributed by atoms with E-state index in [0.717, 1.165) is 16.7 Å². The summed E-state index contributed by atoms with van der Waals surface area (Å²) in [6.07, 6.45) is -1.61. The molecule has 0 amide bonds. The number of alkyl halides is 3. The summed E-state index contributed by atoms with van der Waals surface area (Å²) < 4.78 is 62.4. The summed E-state index contributed by atoms with van der Waals surface area (Å²) in [6, 6.07) is 0. The monoisotopic (exact) mass is 297 g/mol. The van der Waals surface area contributed by atoms with Crippen LogP contribution < -0.4 is 5.53 Å². The number of nitrogens with one attached hydrogen (secondary N) is 1. The van der Waals surface area contributed by atoms with E-state index in [2.05, 4.69) is 5.53 Å². The van der Waals surface area contributed by atoms with Crippen molar-refractivity contribution in [2.45, 2.75) is 25.1 Å². The standard InChI is InChI=1S/C10H14F3N3O2S/c1-9-6-7(10(11,12)13)4-5-8(9)16(14-15(9)2)19(3,17)18/h4-5,14H,6H2,1-3H3. The Morgan fingerprint density at radius 2 is 1.95 bits per heavy atom. The van der Waals surface area contributed by atoms with Gasteiger partial charge in [0, 0.05) is 19.0 Å². The van der Waals surface area contributed by atoms with Gasteiger partial charge in [-0.15, -0.1) is 0 Å². The highest BCUT2D eigenvalue weighted by atomic mass is 32.2. The summed E-state index contributed by atoms with van der Waals surface area (Å²) in [5, 5.41) is 1.37. The van der Waals surface area contributed by atoms with Crippen molar-refractivity contribution in [3.05, 3.63) is 23.4 Å². The van der Waals surface area contributed by atoms with Gasteiger partial charge in [-0.25, -0.2) is 13.4 Å². The quantitative estimate of drug-likeness (QED) is 0.789. The van der Waals surface area contributed by atoms with Crippen LogP contribution >= 0.6 is 0 Å². The lowest BCUT2D eigenvalue weighted by atomic mass is 9.85. The number of nitrogens with zero attached hydrogens (tertiary/aromatic N) is 2. The Kier molecular flexibility index (Phi) is 3.00. The van der Waals surface area contributed by atoms with E-state index in [0.29, 0.717) is 0 Å². The molecule has 1 fully saturated rings. The minimum Gasteiger partial charge on any atom is -0.216 e. The van der Waals surface area contributed by atoms with Crippen LogP contribution in [0.3, 0.4) is 0 Å². The summed E-state index contributed by atoms with van der Waals surface area (Å²) in [6.45, 7) is 1.57. The highest BCUT2D eigenvalue weighted by Crippen LogP contribution is 2.44. The molecule has 0 radical (unpaired) electrons. The first-order chi connectivity index (χ1) is 8.46. The van der Waals surface area contributed by atoms with Crippen LogP contribution in [0.1, 0.15) is 13.3 Å². The summed E-state index contributed by atoms with van der Waals surface area (Å²) in [5.41, 5.74) is 1.11. The fourth-order valence-corrected chi connectivity index (χ4v) is 3.09. The van der Waals surface area contributed by atoms with E-state index in [9.17, 15) is 21.6 Å². The predicted molar refractivity (Wildman–Crippen MR) is 62.8 cm³/mol. The molecule has 19 heavy (non-hydrogen) atoms. The van der Waals surface area contributed by atoms with Gasteiger partial charge in [0.05, 0.1) is 17.5 Å². The molecular formula is C10H14F3N3O2S. The molecule has 0 saturated carbocycles. The molecule has 1 N–H and O–H groups in total. The Morgan fingerprint density at radius 3 is 2.42 bits per heavy atom. The van der Waals surface area contributed by atoms with Gasteiger partial charge in [-0.1, -0.05) is 6.08 Å². The Labute approximate surface area is 109 Å². The van der Waals surface area contributed by atoms with E-state index < -0.39 is 27.3 Å². The number of hydrazine groups is 2. The fraction of sp³-hybridized carbons (Fsp3) is 0.600. The van der Waals surface area contributed by atoms with E-state index in [1.54, 1.807) is 6.92 Å². The van der Waals surface area contributed by atoms with Crippen molar-refractivity contribution in [3.63, 3.8) is 0 Å². The summed E-state index contributed by atoms with van der Waals surface area (Å²) in [7, 11) is -2.08. The molecule has 1 heterocycles. The number of hydrogen-bond acceptors (Lipinski definition) is 4. The molecule has 2 rings (SSSR count). The second kappa shape index (κ2) is 3.97. The van der Waals surface area contributed by atoms with Crippen molar-refractivity contribution in [1.29, 1.82) is 0 Å². The van der Waals surface area contributed by atoms with Crippen molar-refractivity contribution in [2.24, 2.45) is 0 Å². The van der Waals surface area contributed by atoms with Crippen molar-refractivity contribution < 1.29 is 21.6 Å². The number of rotatable bonds is 1. The van der Waals surface area contributed by atoms with Crippen LogP contribution in [0.25, 0.3) is 0 Å². The van der Waals surface area contributed by atoms with E-state index in [-0.39, 0.29) is 12.1 Å². The fourth-order valence-electron chi connectivity index (χ4n) is 2.20. The lowest BCUT2D eigenvalue weighted by molar-refractivity contribution is -0.0974. The molecule has 0 aromatic rings. The van der Waals surface area contributed by atoms with Gasteiger partial charge in [0.15, 0.2) is 0 Å². The molecule has 1 aliphatic heterocycles. The van der Waals surface area contributed by atoms with Crippen LogP contribution in [0, 0.1) is 0 Å². The van der Waals surface area contributed by atoms with Gasteiger partial charge in [0.1, 0.15) is 0 Å². The SMILES string of the molecule is CN1NN(S(C)(=O)=O)C2=CC=C(C(F)(F)F)CC21C. The van der Waals surface area contributed by atoms with Gasteiger partial charge < -0.3 is 0 Å². The van der Waals surface area contributed by atoms with E-state index in [1.807, 2.05) is 0 Å². The van der Waals surface area contributed by atoms with E-state index in [1.165, 1.54) is 18.1 Å². The maximum atomic E-state index is 12.8. The van der Waals surface area contributed by atoms with Crippen LogP contribution in [0.5, 0.6) is 0 Å². The van der Waals surface area contributed by atoms with Gasteiger partial charge >= 0.3 is 6.18 Å². The Bertz CT molecular complexity index is 567. The minimum absolute atomic E-state index is 0.283. The Hall–Kier alpha value is -1.06. The highest BCUT2D eigenvalue weighted by molar-refractivity contribution is 7.88. The number of halogens is 3. The normalized spacial score (nSPS) is 29.1. The van der Waals surface area contributed by atoms with Crippen LogP contribution in [0.2, 0.25) is 0 Å². The molecule has 1 aliphatic carbocycles. The second-order valence-corrected chi connectivity index (χ2v) is 6.71. The number of likely N-dealkylation sites (N-methyl/N-ethyl adjacent to an activating group) is 1. The van der Waals surface area contributed by atoms with Crippen LogP contribution in [-0.2, 0) is 10.0 Å². The molecule has 108 valence electrons. The topological polar surface area (TPSA) is 52.6 Å². The van der Waals surface area contributed by atoms with Gasteiger partial charge in [-0.3, -0.25) is 0 Å². The van der Waals surface area contributed by atoms with E-state index in [4.69, 9.17) is 0 Å². The molecule has 1 atom stereocenters. The highest BCUT2D eigenvalue weighted by Gasteiger charge is 2.51. The van der Waals surface area contributed by atoms with Gasteiger partial charge in [0.25, 0.3) is 0 Å². The lowest BCUT2D eigenvalue weighted by Gasteiger charge is -2.34. The summed E-state index contributed by atoms with van der Waals surface area (Å²) in [4.78, 5) is 0. The third kappa shape index (κ3) is 2.26. The third-order valence-corrected chi connectivity index (χ3v) is 4.37. The molecule has 2 aliphatic rings. The average molecular weight is 297 g/mol. The first kappa shape index (κ1) is 14.4. The molecule has 9 heteroatoms. The number of fused-ring (bicyclic) bond motifs is 1. The molecule has 0 spiro atoms. The second-order valence-electron chi connectivity index (χ2n) is 4.88. The zero-order valence-electron chi connectivity index (χ0n) is 10.6. The molecular weight excluding hydrogens is 283 g/mol. The molecule has 5 nitrogen and oxygen atoms in total. The van der Waals surface area contributed by atoms with Crippen molar-refractivity contribution in [3.8, 4) is 0 Å². The lowest BCUT2D eigenvalue weighted by Crippen LogP contribution is -2.46. The van der Waals surface area contributed by atoms with Crippen LogP contribution in [-0.4, -0.2) is 42.9 Å². The Balaban J connectivity index is 2.49. The third-order valence-electron chi connectivity index (χ3n) is 3.42. The van der Waals surface area contributed by atoms with Crippen molar-refractivity contribution in [1.82, 2.24) is 15.0 Å². The molecule has 0 aromatic heterocycles. The molecule has 0 aromatic carbocycles. The van der Waals surface area contributed by atoms with Gasteiger partial charge in [-0.05, 0) is 13.0 Å². The first-order valence-electron chi connectivity index (χ1n) is 5.45. The number of sulfonamides is 1. The molecule has 1 unspecified atom stereocenters. The van der Waals surface area contributed by atoms with Crippen molar-refractivity contribution in [2.75, 3.05) is 13.3 Å². The Morgan fingerprint density at radius 1 is 1.37 bits per heavy atom. The summed E-state index contributed by atoms with van der Waals surface area (Å²) in [5.74, 6) is 0. The largest absolute Gasteiger partial charge is 0.412 e. The average Bonchev–Trinajstić information content (AvgIpc) is 2.49. The maximum absolute atomic E-state index is 12.8. The number of hydrogen-bond donors (Lipinski definition) is 1. The van der Waals surface area contributed by atoms with E-state index >= 15 is 0 Å². The van der Waals surface area contributed by atoms with Crippen LogP contribution in [0.15, 0.2) is 23.4 Å². The molecule has 0 bridgehead atoms. The molecule has 1 saturated heterocycles.